The van der Waals surface area contributed by atoms with Crippen molar-refractivity contribution in [1.29, 1.82) is 0 Å². The van der Waals surface area contributed by atoms with Crippen LogP contribution in [0.2, 0.25) is 0 Å². The largest absolute Gasteiger partial charge is 0.495 e. The molecule has 0 saturated carbocycles. The van der Waals surface area contributed by atoms with Crippen molar-refractivity contribution in [3.63, 3.8) is 0 Å². The van der Waals surface area contributed by atoms with Crippen LogP contribution in [-0.4, -0.2) is 28.4 Å². The molecule has 26 heavy (non-hydrogen) atoms. The van der Waals surface area contributed by atoms with Crippen LogP contribution >= 0.6 is 0 Å². The Morgan fingerprint density at radius 2 is 1.65 bits per heavy atom. The Kier molecular flexibility index (Phi) is 5.13. The van der Waals surface area contributed by atoms with Crippen LogP contribution in [0.3, 0.4) is 0 Å². The molecule has 0 fully saturated rings. The lowest BCUT2D eigenvalue weighted by atomic mass is 9.91. The third-order valence-corrected chi connectivity index (χ3v) is 4.74. The van der Waals surface area contributed by atoms with E-state index in [1.807, 2.05) is 18.2 Å². The van der Waals surface area contributed by atoms with Crippen LogP contribution in [-0.2, 0) is 11.3 Å². The number of fused-ring (bicyclic) bond motifs is 3. The number of nitrogens with two attached hydrogens (primary N) is 1. The molecule has 2 N–H and O–H groups in total. The van der Waals surface area contributed by atoms with Crippen LogP contribution in [0.15, 0.2) is 18.2 Å². The molecular weight excluding hydrogens is 334 g/mol. The number of hydrogen-bond acceptors (Lipinski definition) is 6. The van der Waals surface area contributed by atoms with Gasteiger partial charge in [0.1, 0.15) is 5.75 Å². The quantitative estimate of drug-likeness (QED) is 0.815. The lowest BCUT2D eigenvalue weighted by Gasteiger charge is -2.20. The Balaban J connectivity index is 2.39. The van der Waals surface area contributed by atoms with Gasteiger partial charge in [-0.2, -0.15) is 0 Å². The number of anilines is 1. The van der Waals surface area contributed by atoms with Crippen molar-refractivity contribution >= 4 is 5.69 Å². The molecule has 0 saturated heterocycles. The van der Waals surface area contributed by atoms with Gasteiger partial charge in [-0.15, -0.1) is 0 Å². The molecule has 6 heteroatoms. The van der Waals surface area contributed by atoms with Gasteiger partial charge in [0, 0.05) is 5.56 Å². The molecule has 6 nitrogen and oxygen atoms in total. The first kappa shape index (κ1) is 18.2. The Labute approximate surface area is 153 Å². The summed E-state index contributed by atoms with van der Waals surface area (Å²) >= 11 is 0. The van der Waals surface area contributed by atoms with Gasteiger partial charge in [0.2, 0.25) is 5.75 Å². The fourth-order valence-electron chi connectivity index (χ4n) is 3.51. The summed E-state index contributed by atoms with van der Waals surface area (Å²) in [5.74, 6) is 2.37. The lowest BCUT2D eigenvalue weighted by molar-refractivity contribution is 0.0395. The Morgan fingerprint density at radius 3 is 2.23 bits per heavy atom. The maximum absolute atomic E-state index is 6.16. The molecule has 0 radical (unpaired) electrons. The number of hydrogen-bond donors (Lipinski definition) is 1. The highest BCUT2D eigenvalue weighted by molar-refractivity contribution is 5.84. The molecule has 2 aromatic rings. The number of nitrogen functional groups attached to an aromatic ring is 1. The fourth-order valence-corrected chi connectivity index (χ4v) is 3.51. The molecule has 1 aliphatic heterocycles. The van der Waals surface area contributed by atoms with Gasteiger partial charge >= 0.3 is 0 Å². The van der Waals surface area contributed by atoms with E-state index in [1.165, 1.54) is 0 Å². The van der Waals surface area contributed by atoms with Crippen LogP contribution in [0, 0.1) is 0 Å². The summed E-state index contributed by atoms with van der Waals surface area (Å²) in [7, 11) is 6.43. The van der Waals surface area contributed by atoms with Crippen molar-refractivity contribution in [2.75, 3.05) is 34.2 Å². The summed E-state index contributed by atoms with van der Waals surface area (Å²) < 4.78 is 28.4. The molecule has 3 rings (SSSR count). The topological polar surface area (TPSA) is 72.2 Å². The first-order chi connectivity index (χ1) is 12.6. The lowest BCUT2D eigenvalue weighted by Crippen LogP contribution is -2.04. The van der Waals surface area contributed by atoms with E-state index < -0.39 is 0 Å². The van der Waals surface area contributed by atoms with Crippen molar-refractivity contribution < 1.29 is 23.7 Å². The van der Waals surface area contributed by atoms with E-state index >= 15 is 0 Å². The molecule has 0 aliphatic carbocycles. The molecule has 1 aliphatic rings. The highest BCUT2D eigenvalue weighted by Gasteiger charge is 2.29. The second-order valence-electron chi connectivity index (χ2n) is 6.07. The number of ether oxygens (including phenoxy) is 5. The van der Waals surface area contributed by atoms with Gasteiger partial charge in [-0.25, -0.2) is 0 Å². The predicted molar refractivity (Wildman–Crippen MR) is 100 cm³/mol. The monoisotopic (exact) mass is 359 g/mol. The number of benzene rings is 2. The van der Waals surface area contributed by atoms with Crippen molar-refractivity contribution in [3.8, 4) is 34.1 Å². The van der Waals surface area contributed by atoms with Gasteiger partial charge in [0.15, 0.2) is 11.5 Å². The molecular formula is C20H25NO5. The Hall–Kier alpha value is -2.60. The molecule has 140 valence electrons. The summed E-state index contributed by atoms with van der Waals surface area (Å²) in [6.45, 7) is 2.52. The van der Waals surface area contributed by atoms with Gasteiger partial charge in [0.05, 0.1) is 46.8 Å². The Bertz CT molecular complexity index is 819. The fraction of sp³-hybridized carbons (Fsp3) is 0.400. The molecule has 0 amide bonds. The third kappa shape index (κ3) is 2.80. The molecule has 0 bridgehead atoms. The summed E-state index contributed by atoms with van der Waals surface area (Å²) in [6.07, 6.45) is 0.746. The van der Waals surface area contributed by atoms with E-state index in [1.54, 1.807) is 28.4 Å². The molecule has 0 spiro atoms. The van der Waals surface area contributed by atoms with Gasteiger partial charge in [0.25, 0.3) is 0 Å². The molecule has 1 atom stereocenters. The number of methoxy groups -OCH3 is 4. The van der Waals surface area contributed by atoms with E-state index in [-0.39, 0.29) is 6.10 Å². The predicted octanol–water partition coefficient (Wildman–Crippen LogP) is 3.95. The van der Waals surface area contributed by atoms with Gasteiger partial charge in [-0.05, 0) is 41.3 Å². The second-order valence-corrected chi connectivity index (χ2v) is 6.07. The first-order valence-electron chi connectivity index (χ1n) is 8.50. The van der Waals surface area contributed by atoms with Crippen LogP contribution in [0.25, 0.3) is 11.1 Å². The van der Waals surface area contributed by atoms with E-state index in [0.29, 0.717) is 35.3 Å². The minimum atomic E-state index is -0.0766. The SMILES string of the molecule is CCC1OCc2cc(OC)c(OC)c(OC)c2-c2cc(OC)c(N)cc21. The summed E-state index contributed by atoms with van der Waals surface area (Å²) in [5.41, 5.74) is 10.6. The van der Waals surface area contributed by atoms with Gasteiger partial charge < -0.3 is 29.4 Å². The minimum Gasteiger partial charge on any atom is -0.495 e. The zero-order valence-corrected chi connectivity index (χ0v) is 15.8. The normalized spacial score (nSPS) is 15.5. The Morgan fingerprint density at radius 1 is 0.962 bits per heavy atom. The highest BCUT2D eigenvalue weighted by Crippen LogP contribution is 2.51. The van der Waals surface area contributed by atoms with E-state index in [0.717, 1.165) is 28.7 Å². The van der Waals surface area contributed by atoms with Crippen molar-refractivity contribution in [2.45, 2.75) is 26.1 Å². The maximum Gasteiger partial charge on any atom is 0.203 e. The average molecular weight is 359 g/mol. The first-order valence-corrected chi connectivity index (χ1v) is 8.50. The minimum absolute atomic E-state index is 0.0766. The van der Waals surface area contributed by atoms with Gasteiger partial charge in [-0.1, -0.05) is 6.92 Å². The zero-order chi connectivity index (χ0) is 18.8. The van der Waals surface area contributed by atoms with E-state index in [2.05, 4.69) is 6.92 Å². The van der Waals surface area contributed by atoms with Crippen molar-refractivity contribution in [3.05, 3.63) is 29.3 Å². The molecule has 1 unspecified atom stereocenters. The van der Waals surface area contributed by atoms with Crippen LogP contribution in [0.4, 0.5) is 5.69 Å². The van der Waals surface area contributed by atoms with Crippen molar-refractivity contribution in [2.24, 2.45) is 0 Å². The van der Waals surface area contributed by atoms with Crippen LogP contribution < -0.4 is 24.7 Å². The average Bonchev–Trinajstić information content (AvgIpc) is 2.81. The zero-order valence-electron chi connectivity index (χ0n) is 15.8. The second kappa shape index (κ2) is 7.33. The molecule has 1 heterocycles. The van der Waals surface area contributed by atoms with Gasteiger partial charge in [-0.3, -0.25) is 0 Å². The smallest absolute Gasteiger partial charge is 0.203 e. The summed E-state index contributed by atoms with van der Waals surface area (Å²) in [4.78, 5) is 0. The standard InChI is InChI=1S/C20H25NO5/c1-6-15-12-8-14(21)16(22-2)9-13(12)18-11(10-26-15)7-17(23-3)19(24-4)20(18)25-5/h7-9,15H,6,10,21H2,1-5H3. The number of rotatable bonds is 5. The summed E-state index contributed by atoms with van der Waals surface area (Å²) in [5, 5.41) is 0. The van der Waals surface area contributed by atoms with Crippen LogP contribution in [0.5, 0.6) is 23.0 Å². The van der Waals surface area contributed by atoms with Crippen LogP contribution in [0.1, 0.15) is 30.6 Å². The van der Waals surface area contributed by atoms with E-state index in [9.17, 15) is 0 Å². The third-order valence-electron chi connectivity index (χ3n) is 4.74. The van der Waals surface area contributed by atoms with Crippen molar-refractivity contribution in [1.82, 2.24) is 0 Å². The maximum atomic E-state index is 6.16. The highest BCUT2D eigenvalue weighted by atomic mass is 16.5. The van der Waals surface area contributed by atoms with E-state index in [4.69, 9.17) is 29.4 Å². The summed E-state index contributed by atoms with van der Waals surface area (Å²) in [6, 6.07) is 5.80. The molecule has 0 aromatic heterocycles. The molecule has 2 aromatic carbocycles.